The van der Waals surface area contributed by atoms with E-state index in [4.69, 9.17) is 9.47 Å². The molecule has 4 nitrogen and oxygen atoms in total. The largest absolute Gasteiger partial charge is 0.494 e. The molecule has 1 aromatic heterocycles. The first kappa shape index (κ1) is 14.2. The van der Waals surface area contributed by atoms with E-state index in [1.807, 2.05) is 24.3 Å². The molecule has 0 spiro atoms. The normalized spacial score (nSPS) is 10.1. The fraction of sp³-hybridized carbons (Fsp3) is 0.312. The molecule has 0 bridgehead atoms. The number of nitrogens with zero attached hydrogens (tertiary/aromatic N) is 1. The van der Waals surface area contributed by atoms with Gasteiger partial charge in [0.2, 0.25) is 5.88 Å². The summed E-state index contributed by atoms with van der Waals surface area (Å²) in [6, 6.07) is 11.9. The van der Waals surface area contributed by atoms with E-state index >= 15 is 0 Å². The number of pyridine rings is 1. The van der Waals surface area contributed by atoms with Crippen LogP contribution in [0.3, 0.4) is 0 Å². The molecular formula is C16H20N2O2. The van der Waals surface area contributed by atoms with Crippen molar-refractivity contribution in [3.05, 3.63) is 48.2 Å². The lowest BCUT2D eigenvalue weighted by molar-refractivity contribution is 0.317. The van der Waals surface area contributed by atoms with Gasteiger partial charge < -0.3 is 14.8 Å². The van der Waals surface area contributed by atoms with Crippen molar-refractivity contribution in [1.29, 1.82) is 0 Å². The molecule has 2 rings (SSSR count). The van der Waals surface area contributed by atoms with Crippen LogP contribution >= 0.6 is 0 Å². The van der Waals surface area contributed by atoms with E-state index in [1.165, 1.54) is 5.56 Å². The minimum absolute atomic E-state index is 0.618. The average Bonchev–Trinajstić information content (AvgIpc) is 2.52. The third-order valence-corrected chi connectivity index (χ3v) is 2.84. The van der Waals surface area contributed by atoms with Crippen LogP contribution in [0.5, 0.6) is 11.6 Å². The maximum atomic E-state index is 5.55. The van der Waals surface area contributed by atoms with Gasteiger partial charge in [0.1, 0.15) is 5.75 Å². The summed E-state index contributed by atoms with van der Waals surface area (Å²) in [5.74, 6) is 1.54. The van der Waals surface area contributed by atoms with E-state index in [0.717, 1.165) is 31.0 Å². The van der Waals surface area contributed by atoms with Crippen LogP contribution < -0.4 is 14.8 Å². The van der Waals surface area contributed by atoms with Gasteiger partial charge in [0.25, 0.3) is 0 Å². The molecule has 0 amide bonds. The first-order valence-electron chi connectivity index (χ1n) is 6.77. The Bertz CT molecular complexity index is 509. The molecular weight excluding hydrogens is 252 g/mol. The smallest absolute Gasteiger partial charge is 0.213 e. The number of nitrogens with one attached hydrogen (secondary N) is 1. The summed E-state index contributed by atoms with van der Waals surface area (Å²) in [6.45, 7) is 3.61. The van der Waals surface area contributed by atoms with E-state index in [2.05, 4.69) is 29.4 Å². The maximum Gasteiger partial charge on any atom is 0.213 e. The highest BCUT2D eigenvalue weighted by Crippen LogP contribution is 2.15. The minimum atomic E-state index is 0.618. The summed E-state index contributed by atoms with van der Waals surface area (Å²) in [4.78, 5) is 4.15. The molecule has 0 saturated heterocycles. The molecule has 0 aliphatic rings. The highest BCUT2D eigenvalue weighted by Gasteiger charge is 1.97. The van der Waals surface area contributed by atoms with E-state index < -0.39 is 0 Å². The van der Waals surface area contributed by atoms with E-state index in [0.29, 0.717) is 5.88 Å². The molecule has 0 aliphatic heterocycles. The molecule has 4 heteroatoms. The molecule has 2 aromatic rings. The Labute approximate surface area is 119 Å². The van der Waals surface area contributed by atoms with E-state index in [-0.39, 0.29) is 0 Å². The van der Waals surface area contributed by atoms with Gasteiger partial charge in [-0.3, -0.25) is 0 Å². The molecule has 0 unspecified atom stereocenters. The molecule has 106 valence electrons. The van der Waals surface area contributed by atoms with Crippen LogP contribution in [0.2, 0.25) is 0 Å². The molecule has 0 aliphatic carbocycles. The quantitative estimate of drug-likeness (QED) is 0.838. The summed E-state index contributed by atoms with van der Waals surface area (Å²) in [6.07, 6.45) is 2.78. The average molecular weight is 272 g/mol. The van der Waals surface area contributed by atoms with Crippen LogP contribution in [0, 0.1) is 0 Å². The summed E-state index contributed by atoms with van der Waals surface area (Å²) >= 11 is 0. The van der Waals surface area contributed by atoms with Crippen molar-refractivity contribution in [2.75, 3.05) is 19.0 Å². The number of benzene rings is 1. The van der Waals surface area contributed by atoms with Crippen molar-refractivity contribution in [2.24, 2.45) is 0 Å². The van der Waals surface area contributed by atoms with Crippen LogP contribution in [0.15, 0.2) is 42.6 Å². The van der Waals surface area contributed by atoms with Gasteiger partial charge in [0, 0.05) is 12.6 Å². The Morgan fingerprint density at radius 2 is 1.90 bits per heavy atom. The number of methoxy groups -OCH3 is 1. The van der Waals surface area contributed by atoms with Crippen LogP contribution in [-0.4, -0.2) is 18.7 Å². The number of rotatable bonds is 7. The Kier molecular flexibility index (Phi) is 5.24. The van der Waals surface area contributed by atoms with Gasteiger partial charge in [-0.2, -0.15) is 0 Å². The molecule has 1 heterocycles. The highest BCUT2D eigenvalue weighted by atomic mass is 16.5. The summed E-state index contributed by atoms with van der Waals surface area (Å²) in [5, 5.41) is 3.32. The zero-order chi connectivity index (χ0) is 14.2. The lowest BCUT2D eigenvalue weighted by Gasteiger charge is -2.08. The zero-order valence-corrected chi connectivity index (χ0v) is 11.9. The summed E-state index contributed by atoms with van der Waals surface area (Å²) < 4.78 is 10.6. The fourth-order valence-corrected chi connectivity index (χ4v) is 1.73. The summed E-state index contributed by atoms with van der Waals surface area (Å²) in [5.41, 5.74) is 2.17. The predicted octanol–water partition coefficient (Wildman–Crippen LogP) is 3.49. The van der Waals surface area contributed by atoms with Crippen LogP contribution in [-0.2, 0) is 6.54 Å². The number of ether oxygens (including phenoxy) is 2. The second-order valence-corrected chi connectivity index (χ2v) is 4.44. The second-order valence-electron chi connectivity index (χ2n) is 4.44. The van der Waals surface area contributed by atoms with Crippen molar-refractivity contribution in [2.45, 2.75) is 19.9 Å². The standard InChI is InChI=1S/C16H20N2O2/c1-3-10-20-15-7-4-13(5-8-15)11-17-14-6-9-16(19-2)18-12-14/h4-9,12,17H,3,10-11H2,1-2H3. The number of anilines is 1. The van der Waals surface area contributed by atoms with Gasteiger partial charge in [-0.15, -0.1) is 0 Å². The maximum absolute atomic E-state index is 5.55. The van der Waals surface area contributed by atoms with E-state index in [1.54, 1.807) is 13.3 Å². The van der Waals surface area contributed by atoms with Crippen molar-refractivity contribution < 1.29 is 9.47 Å². The molecule has 0 radical (unpaired) electrons. The SMILES string of the molecule is CCCOc1ccc(CNc2ccc(OC)nc2)cc1. The first-order chi connectivity index (χ1) is 9.81. The molecule has 0 saturated carbocycles. The van der Waals surface area contributed by atoms with Crippen LogP contribution in [0.25, 0.3) is 0 Å². The number of hydrogen-bond acceptors (Lipinski definition) is 4. The monoisotopic (exact) mass is 272 g/mol. The second kappa shape index (κ2) is 7.38. The third kappa shape index (κ3) is 4.16. The highest BCUT2D eigenvalue weighted by molar-refractivity contribution is 5.43. The van der Waals surface area contributed by atoms with Gasteiger partial charge in [0.05, 0.1) is 25.6 Å². The van der Waals surface area contributed by atoms with Crippen molar-refractivity contribution in [1.82, 2.24) is 4.98 Å². The van der Waals surface area contributed by atoms with Gasteiger partial charge in [0.15, 0.2) is 0 Å². The topological polar surface area (TPSA) is 43.4 Å². The predicted molar refractivity (Wildman–Crippen MR) is 80.3 cm³/mol. The van der Waals surface area contributed by atoms with Crippen molar-refractivity contribution >= 4 is 5.69 Å². The Balaban J connectivity index is 1.86. The van der Waals surface area contributed by atoms with Gasteiger partial charge >= 0.3 is 0 Å². The first-order valence-corrected chi connectivity index (χ1v) is 6.77. The molecule has 0 atom stereocenters. The number of aromatic nitrogens is 1. The number of hydrogen-bond donors (Lipinski definition) is 1. The minimum Gasteiger partial charge on any atom is -0.494 e. The van der Waals surface area contributed by atoms with Gasteiger partial charge in [-0.1, -0.05) is 19.1 Å². The van der Waals surface area contributed by atoms with Crippen LogP contribution in [0.1, 0.15) is 18.9 Å². The lowest BCUT2D eigenvalue weighted by atomic mass is 10.2. The van der Waals surface area contributed by atoms with Gasteiger partial charge in [-0.05, 0) is 30.2 Å². The fourth-order valence-electron chi connectivity index (χ4n) is 1.73. The zero-order valence-electron chi connectivity index (χ0n) is 11.9. The van der Waals surface area contributed by atoms with Crippen molar-refractivity contribution in [3.8, 4) is 11.6 Å². The Morgan fingerprint density at radius 3 is 2.50 bits per heavy atom. The van der Waals surface area contributed by atoms with E-state index in [9.17, 15) is 0 Å². The Hall–Kier alpha value is -2.23. The molecule has 0 fully saturated rings. The Morgan fingerprint density at radius 1 is 1.10 bits per heavy atom. The van der Waals surface area contributed by atoms with Crippen LogP contribution in [0.4, 0.5) is 5.69 Å². The molecule has 1 N–H and O–H groups in total. The molecule has 1 aromatic carbocycles. The molecule has 20 heavy (non-hydrogen) atoms. The third-order valence-electron chi connectivity index (χ3n) is 2.84. The van der Waals surface area contributed by atoms with Gasteiger partial charge in [-0.25, -0.2) is 4.98 Å². The summed E-state index contributed by atoms with van der Waals surface area (Å²) in [7, 11) is 1.61. The lowest BCUT2D eigenvalue weighted by Crippen LogP contribution is -2.00. The van der Waals surface area contributed by atoms with Crippen molar-refractivity contribution in [3.63, 3.8) is 0 Å².